The molecular weight excluding hydrogens is 377 g/mol. The van der Waals surface area contributed by atoms with Gasteiger partial charge in [-0.3, -0.25) is 4.79 Å². The number of hydrogen-bond donors (Lipinski definition) is 0. The number of halogens is 2. The number of nitrogens with zero attached hydrogens (tertiary/aromatic N) is 1. The maximum absolute atomic E-state index is 12.7. The highest BCUT2D eigenvalue weighted by atomic mass is 35.5. The van der Waals surface area contributed by atoms with Crippen LogP contribution in [-0.2, 0) is 14.6 Å². The van der Waals surface area contributed by atoms with Crippen molar-refractivity contribution in [1.82, 2.24) is 4.90 Å². The number of sulfone groups is 1. The van der Waals surface area contributed by atoms with Crippen LogP contribution < -0.4 is 0 Å². The molecule has 1 aliphatic heterocycles. The number of thioether (sulfide) groups is 1. The summed E-state index contributed by atoms with van der Waals surface area (Å²) in [6.45, 7) is 4.16. The smallest absolute Gasteiger partial charge is 0.236 e. The average Bonchev–Trinajstić information content (AvgIpc) is 2.83. The molecule has 0 unspecified atom stereocenters. The maximum atomic E-state index is 12.7. The Morgan fingerprint density at radius 1 is 1.43 bits per heavy atom. The molecule has 0 aliphatic carbocycles. The molecule has 1 aromatic carbocycles. The molecule has 1 aliphatic rings. The lowest BCUT2D eigenvalue weighted by Crippen LogP contribution is -2.44. The number of hydrogen-bond acceptors (Lipinski definition) is 4. The van der Waals surface area contributed by atoms with E-state index in [0.717, 1.165) is 4.90 Å². The molecule has 1 saturated heterocycles. The van der Waals surface area contributed by atoms with E-state index in [1.165, 1.54) is 11.8 Å². The largest absolute Gasteiger partial charge is 0.338 e. The van der Waals surface area contributed by atoms with E-state index in [9.17, 15) is 13.2 Å². The second kappa shape index (κ2) is 7.64. The number of amides is 1. The molecule has 0 spiro atoms. The van der Waals surface area contributed by atoms with Crippen LogP contribution in [-0.4, -0.2) is 48.6 Å². The first-order valence-electron chi connectivity index (χ1n) is 7.36. The van der Waals surface area contributed by atoms with E-state index in [-0.39, 0.29) is 28.7 Å². The van der Waals surface area contributed by atoms with Gasteiger partial charge in [-0.05, 0) is 38.5 Å². The SMILES string of the molecule is CCN(C(=O)[C@@H](C)Sc1cc(Cl)ccc1Cl)[C@H]1CCS(=O)(=O)C1. The van der Waals surface area contributed by atoms with Gasteiger partial charge < -0.3 is 4.90 Å². The minimum Gasteiger partial charge on any atom is -0.338 e. The van der Waals surface area contributed by atoms with Gasteiger partial charge in [-0.1, -0.05) is 23.2 Å². The second-order valence-electron chi connectivity index (χ2n) is 5.52. The van der Waals surface area contributed by atoms with E-state index in [0.29, 0.717) is 23.0 Å². The van der Waals surface area contributed by atoms with Crippen LogP contribution in [0.5, 0.6) is 0 Å². The van der Waals surface area contributed by atoms with Crippen molar-refractivity contribution in [3.05, 3.63) is 28.2 Å². The van der Waals surface area contributed by atoms with Crippen molar-refractivity contribution >= 4 is 50.7 Å². The highest BCUT2D eigenvalue weighted by Gasteiger charge is 2.35. The molecule has 0 radical (unpaired) electrons. The standard InChI is InChI=1S/C15H19Cl2NO3S2/c1-3-18(12-6-7-23(20,21)9-12)15(19)10(2)22-14-8-11(16)4-5-13(14)17/h4-5,8,10,12H,3,6-7,9H2,1-2H3/t10-,12+/m1/s1. The average molecular weight is 396 g/mol. The van der Waals surface area contributed by atoms with Gasteiger partial charge in [0.2, 0.25) is 5.91 Å². The lowest BCUT2D eigenvalue weighted by Gasteiger charge is -2.29. The lowest BCUT2D eigenvalue weighted by molar-refractivity contribution is -0.131. The fourth-order valence-corrected chi connectivity index (χ4v) is 5.87. The zero-order valence-electron chi connectivity index (χ0n) is 13.0. The van der Waals surface area contributed by atoms with Crippen LogP contribution >= 0.6 is 35.0 Å². The molecular formula is C15H19Cl2NO3S2. The summed E-state index contributed by atoms with van der Waals surface area (Å²) in [5.74, 6) is 0.140. The normalized spacial score (nSPS) is 21.1. The quantitative estimate of drug-likeness (QED) is 0.715. The molecule has 1 fully saturated rings. The van der Waals surface area contributed by atoms with Crippen LogP contribution in [0.1, 0.15) is 20.3 Å². The van der Waals surface area contributed by atoms with Crippen molar-refractivity contribution in [2.24, 2.45) is 0 Å². The van der Waals surface area contributed by atoms with E-state index in [1.54, 1.807) is 30.0 Å². The molecule has 2 rings (SSSR count). The van der Waals surface area contributed by atoms with Gasteiger partial charge >= 0.3 is 0 Å². The van der Waals surface area contributed by atoms with Crippen molar-refractivity contribution < 1.29 is 13.2 Å². The Kier molecular flexibility index (Phi) is 6.28. The van der Waals surface area contributed by atoms with E-state index >= 15 is 0 Å². The molecule has 0 bridgehead atoms. The zero-order chi connectivity index (χ0) is 17.2. The summed E-state index contributed by atoms with van der Waals surface area (Å²) in [6, 6.07) is 4.90. The molecule has 8 heteroatoms. The summed E-state index contributed by atoms with van der Waals surface area (Å²) < 4.78 is 23.3. The Morgan fingerprint density at radius 3 is 2.70 bits per heavy atom. The number of rotatable bonds is 5. The van der Waals surface area contributed by atoms with E-state index in [4.69, 9.17) is 23.2 Å². The maximum Gasteiger partial charge on any atom is 0.236 e. The molecule has 1 aromatic rings. The lowest BCUT2D eigenvalue weighted by atomic mass is 10.2. The van der Waals surface area contributed by atoms with Crippen molar-refractivity contribution in [1.29, 1.82) is 0 Å². The fraction of sp³-hybridized carbons (Fsp3) is 0.533. The molecule has 4 nitrogen and oxygen atoms in total. The summed E-state index contributed by atoms with van der Waals surface area (Å²) in [4.78, 5) is 15.1. The van der Waals surface area contributed by atoms with Crippen molar-refractivity contribution in [2.75, 3.05) is 18.1 Å². The zero-order valence-corrected chi connectivity index (χ0v) is 16.1. The Balaban J connectivity index is 2.10. The Morgan fingerprint density at radius 2 is 2.13 bits per heavy atom. The third kappa shape index (κ3) is 4.78. The highest BCUT2D eigenvalue weighted by Crippen LogP contribution is 2.33. The highest BCUT2D eigenvalue weighted by molar-refractivity contribution is 8.00. The van der Waals surface area contributed by atoms with E-state index in [1.807, 2.05) is 6.92 Å². The van der Waals surface area contributed by atoms with E-state index < -0.39 is 9.84 Å². The molecule has 0 N–H and O–H groups in total. The fourth-order valence-electron chi connectivity index (χ4n) is 2.66. The van der Waals surface area contributed by atoms with E-state index in [2.05, 4.69) is 0 Å². The van der Waals surface area contributed by atoms with Gasteiger partial charge in [0.1, 0.15) is 0 Å². The Bertz CT molecular complexity index is 694. The van der Waals surface area contributed by atoms with Crippen molar-refractivity contribution in [2.45, 2.75) is 36.5 Å². The van der Waals surface area contributed by atoms with Crippen LogP contribution in [0.25, 0.3) is 0 Å². The van der Waals surface area contributed by atoms with Crippen LogP contribution in [0.2, 0.25) is 10.0 Å². The van der Waals surface area contributed by atoms with Gasteiger partial charge in [0.15, 0.2) is 9.84 Å². The summed E-state index contributed by atoms with van der Waals surface area (Å²) in [5.41, 5.74) is 0. The Labute approximate surface area is 151 Å². The topological polar surface area (TPSA) is 54.5 Å². The molecule has 1 heterocycles. The first-order valence-corrected chi connectivity index (χ1v) is 10.8. The van der Waals surface area contributed by atoms with Crippen LogP contribution in [0.3, 0.4) is 0 Å². The monoisotopic (exact) mass is 395 g/mol. The minimum absolute atomic E-state index is 0.0574. The summed E-state index contributed by atoms with van der Waals surface area (Å²) in [6.07, 6.45) is 0.511. The minimum atomic E-state index is -3.02. The second-order valence-corrected chi connectivity index (χ2v) is 9.97. The molecule has 0 aromatic heterocycles. The number of carbonyl (C=O) groups is 1. The molecule has 1 amide bonds. The molecule has 128 valence electrons. The van der Waals surface area contributed by atoms with Gasteiger partial charge in [0, 0.05) is 22.5 Å². The number of benzene rings is 1. The summed E-state index contributed by atoms with van der Waals surface area (Å²) in [7, 11) is -3.02. The van der Waals surface area contributed by atoms with Crippen LogP contribution in [0.15, 0.2) is 23.1 Å². The first kappa shape index (κ1) is 18.9. The van der Waals surface area contributed by atoms with Crippen LogP contribution in [0.4, 0.5) is 0 Å². The summed E-state index contributed by atoms with van der Waals surface area (Å²) >= 11 is 13.4. The predicted molar refractivity (Wildman–Crippen MR) is 96.2 cm³/mol. The van der Waals surface area contributed by atoms with Crippen LogP contribution in [0, 0.1) is 0 Å². The third-order valence-electron chi connectivity index (χ3n) is 3.82. The number of carbonyl (C=O) groups excluding carboxylic acids is 1. The molecule has 23 heavy (non-hydrogen) atoms. The van der Waals surface area contributed by atoms with Crippen molar-refractivity contribution in [3.8, 4) is 0 Å². The molecule has 2 atom stereocenters. The molecule has 0 saturated carbocycles. The predicted octanol–water partition coefficient (Wildman–Crippen LogP) is 3.51. The third-order valence-corrected chi connectivity index (χ3v) is 7.39. The van der Waals surface area contributed by atoms with Gasteiger partial charge in [0.25, 0.3) is 0 Å². The van der Waals surface area contributed by atoms with Gasteiger partial charge in [0.05, 0.1) is 21.8 Å². The van der Waals surface area contributed by atoms with Gasteiger partial charge in [-0.2, -0.15) is 0 Å². The van der Waals surface area contributed by atoms with Crippen molar-refractivity contribution in [3.63, 3.8) is 0 Å². The summed E-state index contributed by atoms with van der Waals surface area (Å²) in [5, 5.41) is 0.741. The van der Waals surface area contributed by atoms with Gasteiger partial charge in [-0.25, -0.2) is 8.42 Å². The first-order chi connectivity index (χ1) is 10.7. The van der Waals surface area contributed by atoms with Gasteiger partial charge in [-0.15, -0.1) is 11.8 Å². The Hall–Kier alpha value is -0.430.